The predicted octanol–water partition coefficient (Wildman–Crippen LogP) is 2.24. The number of hydrogen-bond donors (Lipinski definition) is 2. The van der Waals surface area contributed by atoms with Gasteiger partial charge in [-0.25, -0.2) is 9.97 Å². The molecule has 2 aromatic rings. The highest BCUT2D eigenvalue weighted by atomic mass is 15.0. The van der Waals surface area contributed by atoms with Crippen molar-refractivity contribution in [1.29, 1.82) is 0 Å². The molecular weight excluding hydrogens is 200 g/mol. The van der Waals surface area contributed by atoms with E-state index in [1.54, 1.807) is 6.20 Å². The Hall–Kier alpha value is -1.94. The normalized spacial score (nSPS) is 12.1. The minimum absolute atomic E-state index is 0.00876. The van der Waals surface area contributed by atoms with Crippen LogP contribution in [0.25, 0.3) is 0 Å². The summed E-state index contributed by atoms with van der Waals surface area (Å²) >= 11 is 0. The lowest BCUT2D eigenvalue weighted by molar-refractivity contribution is 0.820. The van der Waals surface area contributed by atoms with Gasteiger partial charge in [0.05, 0.1) is 0 Å². The molecule has 0 spiro atoms. The van der Waals surface area contributed by atoms with Crippen LogP contribution in [0.1, 0.15) is 18.5 Å². The molecule has 0 saturated carbocycles. The highest BCUT2D eigenvalue weighted by molar-refractivity contribution is 5.60. The molecule has 1 heterocycles. The van der Waals surface area contributed by atoms with E-state index in [2.05, 4.69) is 15.3 Å². The van der Waals surface area contributed by atoms with Crippen LogP contribution in [0.5, 0.6) is 0 Å². The van der Waals surface area contributed by atoms with Crippen molar-refractivity contribution < 1.29 is 0 Å². The van der Waals surface area contributed by atoms with E-state index in [4.69, 9.17) is 5.73 Å². The first-order valence-corrected chi connectivity index (χ1v) is 5.15. The number of para-hydroxylation sites is 1. The van der Waals surface area contributed by atoms with E-state index in [1.807, 2.05) is 37.3 Å². The second-order valence-corrected chi connectivity index (χ2v) is 3.60. The van der Waals surface area contributed by atoms with Gasteiger partial charge in [-0.1, -0.05) is 18.2 Å². The van der Waals surface area contributed by atoms with E-state index in [0.29, 0.717) is 0 Å². The number of nitrogens with two attached hydrogens (primary N) is 1. The number of nitrogens with zero attached hydrogens (tertiary/aromatic N) is 2. The molecule has 0 bridgehead atoms. The highest BCUT2D eigenvalue weighted by Crippen LogP contribution is 2.23. The molecule has 0 amide bonds. The van der Waals surface area contributed by atoms with E-state index in [1.165, 1.54) is 6.33 Å². The molecule has 3 N–H and O–H groups in total. The molecule has 0 fully saturated rings. The quantitative estimate of drug-likeness (QED) is 0.822. The van der Waals surface area contributed by atoms with Crippen molar-refractivity contribution in [3.63, 3.8) is 0 Å². The van der Waals surface area contributed by atoms with Crippen LogP contribution in [0, 0.1) is 0 Å². The monoisotopic (exact) mass is 214 g/mol. The standard InChI is InChI=1S/C12H14N4/c1-9(13)10-4-2-3-5-11(10)16-12-6-7-14-8-15-12/h2-9H,13H2,1H3,(H,14,15,16). The molecule has 1 atom stereocenters. The summed E-state index contributed by atoms with van der Waals surface area (Å²) in [5.74, 6) is 0.767. The Morgan fingerprint density at radius 1 is 1.25 bits per heavy atom. The molecule has 2 rings (SSSR count). The minimum Gasteiger partial charge on any atom is -0.340 e. The van der Waals surface area contributed by atoms with Crippen LogP contribution in [0.15, 0.2) is 42.9 Å². The second kappa shape index (κ2) is 4.72. The van der Waals surface area contributed by atoms with Crippen LogP contribution >= 0.6 is 0 Å². The van der Waals surface area contributed by atoms with Crippen LogP contribution < -0.4 is 11.1 Å². The lowest BCUT2D eigenvalue weighted by atomic mass is 10.1. The number of aromatic nitrogens is 2. The van der Waals surface area contributed by atoms with E-state index < -0.39 is 0 Å². The molecule has 0 saturated heterocycles. The summed E-state index contributed by atoms with van der Waals surface area (Å²) in [4.78, 5) is 7.98. The van der Waals surface area contributed by atoms with Gasteiger partial charge in [0.2, 0.25) is 0 Å². The molecule has 1 unspecified atom stereocenters. The third-order valence-electron chi connectivity index (χ3n) is 2.30. The molecule has 0 aliphatic carbocycles. The maximum atomic E-state index is 5.90. The minimum atomic E-state index is -0.00876. The first-order chi connectivity index (χ1) is 7.77. The summed E-state index contributed by atoms with van der Waals surface area (Å²) in [6, 6.07) is 9.75. The molecule has 4 nitrogen and oxygen atoms in total. The third kappa shape index (κ3) is 2.35. The average Bonchev–Trinajstić information content (AvgIpc) is 2.31. The topological polar surface area (TPSA) is 63.8 Å². The SMILES string of the molecule is CC(N)c1ccccc1Nc1ccncn1. The number of rotatable bonds is 3. The van der Waals surface area contributed by atoms with Crippen molar-refractivity contribution in [3.05, 3.63) is 48.4 Å². The van der Waals surface area contributed by atoms with Crippen LogP contribution in [-0.4, -0.2) is 9.97 Å². The van der Waals surface area contributed by atoms with Gasteiger partial charge in [-0.3, -0.25) is 0 Å². The lowest BCUT2D eigenvalue weighted by Gasteiger charge is -2.13. The van der Waals surface area contributed by atoms with Crippen LogP contribution in [-0.2, 0) is 0 Å². The number of anilines is 2. The van der Waals surface area contributed by atoms with E-state index in [0.717, 1.165) is 17.1 Å². The summed E-state index contributed by atoms with van der Waals surface area (Å²) in [5.41, 5.74) is 7.95. The Morgan fingerprint density at radius 3 is 2.75 bits per heavy atom. The lowest BCUT2D eigenvalue weighted by Crippen LogP contribution is -2.08. The fraction of sp³-hybridized carbons (Fsp3) is 0.167. The van der Waals surface area contributed by atoms with Crippen molar-refractivity contribution in [2.24, 2.45) is 5.73 Å². The zero-order chi connectivity index (χ0) is 11.4. The van der Waals surface area contributed by atoms with Crippen molar-refractivity contribution in [2.45, 2.75) is 13.0 Å². The van der Waals surface area contributed by atoms with Gasteiger partial charge in [0.15, 0.2) is 0 Å². The van der Waals surface area contributed by atoms with Gasteiger partial charge >= 0.3 is 0 Å². The summed E-state index contributed by atoms with van der Waals surface area (Å²) in [6.07, 6.45) is 3.21. The van der Waals surface area contributed by atoms with E-state index in [9.17, 15) is 0 Å². The summed E-state index contributed by atoms with van der Waals surface area (Å²) in [6.45, 7) is 1.96. The van der Waals surface area contributed by atoms with Gasteiger partial charge < -0.3 is 11.1 Å². The van der Waals surface area contributed by atoms with Crippen molar-refractivity contribution in [3.8, 4) is 0 Å². The number of hydrogen-bond acceptors (Lipinski definition) is 4. The highest BCUT2D eigenvalue weighted by Gasteiger charge is 2.05. The zero-order valence-corrected chi connectivity index (χ0v) is 9.09. The van der Waals surface area contributed by atoms with Crippen molar-refractivity contribution in [1.82, 2.24) is 9.97 Å². The van der Waals surface area contributed by atoms with Crippen molar-refractivity contribution >= 4 is 11.5 Å². The molecule has 1 aromatic carbocycles. The van der Waals surface area contributed by atoms with Crippen LogP contribution in [0.3, 0.4) is 0 Å². The molecule has 0 aliphatic rings. The van der Waals surface area contributed by atoms with E-state index in [-0.39, 0.29) is 6.04 Å². The van der Waals surface area contributed by atoms with Gasteiger partial charge in [-0.2, -0.15) is 0 Å². The maximum absolute atomic E-state index is 5.90. The van der Waals surface area contributed by atoms with Crippen LogP contribution in [0.2, 0.25) is 0 Å². The second-order valence-electron chi connectivity index (χ2n) is 3.60. The summed E-state index contributed by atoms with van der Waals surface area (Å²) in [5, 5.41) is 3.22. The van der Waals surface area contributed by atoms with Gasteiger partial charge in [0, 0.05) is 17.9 Å². The Bertz CT molecular complexity index is 454. The summed E-state index contributed by atoms with van der Waals surface area (Å²) < 4.78 is 0. The average molecular weight is 214 g/mol. The van der Waals surface area contributed by atoms with Gasteiger partial charge in [0.25, 0.3) is 0 Å². The summed E-state index contributed by atoms with van der Waals surface area (Å²) in [7, 11) is 0. The third-order valence-corrected chi connectivity index (χ3v) is 2.30. The maximum Gasteiger partial charge on any atom is 0.133 e. The van der Waals surface area contributed by atoms with E-state index >= 15 is 0 Å². The fourth-order valence-electron chi connectivity index (χ4n) is 1.51. The largest absolute Gasteiger partial charge is 0.340 e. The smallest absolute Gasteiger partial charge is 0.133 e. The van der Waals surface area contributed by atoms with Gasteiger partial charge in [0.1, 0.15) is 12.1 Å². The molecular formula is C12H14N4. The Labute approximate surface area is 94.5 Å². The zero-order valence-electron chi connectivity index (χ0n) is 9.09. The molecule has 0 aliphatic heterocycles. The van der Waals surface area contributed by atoms with Crippen LogP contribution in [0.4, 0.5) is 11.5 Å². The number of nitrogens with one attached hydrogen (secondary N) is 1. The molecule has 16 heavy (non-hydrogen) atoms. The van der Waals surface area contributed by atoms with Gasteiger partial charge in [-0.05, 0) is 24.6 Å². The molecule has 4 heteroatoms. The van der Waals surface area contributed by atoms with Gasteiger partial charge in [-0.15, -0.1) is 0 Å². The fourth-order valence-corrected chi connectivity index (χ4v) is 1.51. The molecule has 0 radical (unpaired) electrons. The first kappa shape index (κ1) is 10.6. The molecule has 1 aromatic heterocycles. The molecule has 82 valence electrons. The number of benzene rings is 1. The Morgan fingerprint density at radius 2 is 2.06 bits per heavy atom. The first-order valence-electron chi connectivity index (χ1n) is 5.15. The predicted molar refractivity (Wildman–Crippen MR) is 64.4 cm³/mol. The Balaban J connectivity index is 2.28. The van der Waals surface area contributed by atoms with Crippen molar-refractivity contribution in [2.75, 3.05) is 5.32 Å². The Kier molecular flexibility index (Phi) is 3.12.